The third kappa shape index (κ3) is 4.34. The Labute approximate surface area is 217 Å². The second-order valence-electron chi connectivity index (χ2n) is 8.97. The van der Waals surface area contributed by atoms with Gasteiger partial charge in [0.15, 0.2) is 16.6 Å². The molecule has 0 aromatic carbocycles. The number of alkyl halides is 3. The predicted octanol–water partition coefficient (Wildman–Crippen LogP) is 3.95. The van der Waals surface area contributed by atoms with Crippen molar-refractivity contribution >= 4 is 46.3 Å². The minimum atomic E-state index is -4.70. The molecule has 5 heterocycles. The van der Waals surface area contributed by atoms with Gasteiger partial charge >= 0.3 is 12.2 Å². The van der Waals surface area contributed by atoms with Gasteiger partial charge in [0.2, 0.25) is 0 Å². The molecule has 0 bridgehead atoms. The van der Waals surface area contributed by atoms with Crippen molar-refractivity contribution in [2.75, 3.05) is 30.9 Å². The molecule has 1 aliphatic heterocycles. The number of amides is 2. The zero-order chi connectivity index (χ0) is 26.7. The highest BCUT2D eigenvalue weighted by atomic mass is 35.5. The first-order chi connectivity index (χ1) is 17.4. The second kappa shape index (κ2) is 8.82. The first kappa shape index (κ1) is 25.2. The van der Waals surface area contributed by atoms with Crippen molar-refractivity contribution in [1.29, 1.82) is 0 Å². The maximum absolute atomic E-state index is 14.3. The highest BCUT2D eigenvalue weighted by Crippen LogP contribution is 2.50. The smallest absolute Gasteiger partial charge is 0.306 e. The number of nitrogens with zero attached hydrogens (tertiary/aromatic N) is 9. The van der Waals surface area contributed by atoms with Gasteiger partial charge in [-0.05, 0) is 27.1 Å². The first-order valence-electron chi connectivity index (χ1n) is 10.8. The van der Waals surface area contributed by atoms with Crippen LogP contribution < -0.4 is 10.2 Å². The fourth-order valence-electron chi connectivity index (χ4n) is 4.12. The molecule has 1 aliphatic rings. The normalized spacial score (nSPS) is 17.6. The molecule has 11 nitrogen and oxygen atoms in total. The van der Waals surface area contributed by atoms with Crippen LogP contribution in [0.15, 0.2) is 30.7 Å². The number of carbonyl (C=O) groups is 1. The summed E-state index contributed by atoms with van der Waals surface area (Å²) < 4.78 is 43.8. The van der Waals surface area contributed by atoms with Crippen molar-refractivity contribution in [2.24, 2.45) is 0 Å². The van der Waals surface area contributed by atoms with Gasteiger partial charge < -0.3 is 10.2 Å². The molecule has 1 atom stereocenters. The molecule has 4 aromatic heterocycles. The molecule has 0 aliphatic carbocycles. The number of halogens is 5. The zero-order valence-electron chi connectivity index (χ0n) is 19.6. The molecule has 2 amide bonds. The molecule has 4 aromatic rings. The van der Waals surface area contributed by atoms with Crippen LogP contribution in [0.5, 0.6) is 0 Å². The number of rotatable bonds is 4. The lowest BCUT2D eigenvalue weighted by molar-refractivity contribution is -0.181. The largest absolute Gasteiger partial charge is 0.401 e. The highest BCUT2D eigenvalue weighted by Gasteiger charge is 2.60. The fraction of sp³-hybridized carbons (Fsp3) is 0.333. The Morgan fingerprint density at radius 3 is 2.59 bits per heavy atom. The summed E-state index contributed by atoms with van der Waals surface area (Å²) in [6, 6.07) is 1.92. The third-order valence-electron chi connectivity index (χ3n) is 5.87. The van der Waals surface area contributed by atoms with Crippen molar-refractivity contribution < 1.29 is 18.0 Å². The maximum Gasteiger partial charge on any atom is 0.401 e. The van der Waals surface area contributed by atoms with E-state index < -0.39 is 24.2 Å². The number of nitrogens with one attached hydrogen (secondary N) is 1. The number of hydrogen-bond acceptors (Lipinski definition) is 7. The average Bonchev–Trinajstić information content (AvgIpc) is 3.48. The van der Waals surface area contributed by atoms with Gasteiger partial charge in [-0.15, -0.1) is 4.80 Å². The lowest BCUT2D eigenvalue weighted by Crippen LogP contribution is -2.46. The van der Waals surface area contributed by atoms with Crippen LogP contribution in [0.2, 0.25) is 10.2 Å². The molecule has 0 saturated carbocycles. The molecule has 5 rings (SSSR count). The molecule has 0 radical (unpaired) electrons. The van der Waals surface area contributed by atoms with Gasteiger partial charge in [-0.1, -0.05) is 23.2 Å². The van der Waals surface area contributed by atoms with Crippen LogP contribution in [-0.4, -0.2) is 72.3 Å². The van der Waals surface area contributed by atoms with Gasteiger partial charge in [0.25, 0.3) is 0 Å². The van der Waals surface area contributed by atoms with Crippen LogP contribution in [0.3, 0.4) is 0 Å². The van der Waals surface area contributed by atoms with Crippen molar-refractivity contribution in [1.82, 2.24) is 39.5 Å². The molecular formula is C21H19Cl2F3N10O. The van der Waals surface area contributed by atoms with Gasteiger partial charge in [0, 0.05) is 19.2 Å². The van der Waals surface area contributed by atoms with Crippen LogP contribution in [0.4, 0.5) is 29.3 Å². The summed E-state index contributed by atoms with van der Waals surface area (Å²) in [6.07, 6.45) is -0.614. The summed E-state index contributed by atoms with van der Waals surface area (Å²) in [5, 5.41) is 15.1. The minimum absolute atomic E-state index is 0.0189. The van der Waals surface area contributed by atoms with E-state index in [4.69, 9.17) is 23.2 Å². The zero-order valence-corrected chi connectivity index (χ0v) is 21.1. The van der Waals surface area contributed by atoms with Crippen LogP contribution in [-0.2, 0) is 12.0 Å². The lowest BCUT2D eigenvalue weighted by Gasteiger charge is -2.28. The van der Waals surface area contributed by atoms with E-state index in [9.17, 15) is 18.0 Å². The van der Waals surface area contributed by atoms with E-state index in [1.807, 2.05) is 19.0 Å². The molecule has 16 heteroatoms. The van der Waals surface area contributed by atoms with E-state index in [0.717, 1.165) is 16.3 Å². The number of pyridine rings is 1. The number of aromatic nitrogens is 7. The van der Waals surface area contributed by atoms with E-state index in [-0.39, 0.29) is 38.7 Å². The summed E-state index contributed by atoms with van der Waals surface area (Å²) in [5.41, 5.74) is -1.72. The molecule has 37 heavy (non-hydrogen) atoms. The van der Waals surface area contributed by atoms with E-state index in [0.29, 0.717) is 12.2 Å². The fourth-order valence-corrected chi connectivity index (χ4v) is 4.54. The molecule has 0 saturated heterocycles. The molecule has 0 spiro atoms. The highest BCUT2D eigenvalue weighted by molar-refractivity contribution is 6.32. The number of hydrogen-bond donors (Lipinski definition) is 1. The third-order valence-corrected chi connectivity index (χ3v) is 6.34. The Balaban J connectivity index is 1.44. The van der Waals surface area contributed by atoms with Crippen molar-refractivity contribution in [3.8, 4) is 5.82 Å². The maximum atomic E-state index is 14.3. The molecule has 194 valence electrons. The van der Waals surface area contributed by atoms with E-state index in [1.165, 1.54) is 29.3 Å². The van der Waals surface area contributed by atoms with Crippen molar-refractivity contribution in [2.45, 2.75) is 25.1 Å². The van der Waals surface area contributed by atoms with E-state index >= 15 is 0 Å². The number of fused-ring (bicyclic) bond motifs is 3. The summed E-state index contributed by atoms with van der Waals surface area (Å²) in [5.74, 6) is 0.225. The Bertz CT molecular complexity index is 1520. The van der Waals surface area contributed by atoms with Gasteiger partial charge in [-0.25, -0.2) is 19.3 Å². The first-order valence-corrected chi connectivity index (χ1v) is 11.5. The molecule has 1 N–H and O–H groups in total. The average molecular weight is 555 g/mol. The summed E-state index contributed by atoms with van der Waals surface area (Å²) in [4.78, 5) is 25.6. The quantitative estimate of drug-likeness (QED) is 0.406. The van der Waals surface area contributed by atoms with Crippen molar-refractivity contribution in [3.63, 3.8) is 0 Å². The van der Waals surface area contributed by atoms with Gasteiger partial charge in [0.05, 0.1) is 46.4 Å². The second-order valence-corrected chi connectivity index (χ2v) is 9.76. The standard InChI is InChI=1S/C21H19Cl2F3N10O/c1-20(21(24,25)26)10-34(14-8-27-16-5-15(23)32-35(16)17(14)20)19(37)30-11-4-13(22)18(28-6-11)36-29-7-12(31-36)9-33(2)3/h4-8H,9-10H2,1-3H3,(H,30,37)/t20-/m1/s1. The van der Waals surface area contributed by atoms with Crippen LogP contribution in [0.1, 0.15) is 18.3 Å². The van der Waals surface area contributed by atoms with Gasteiger partial charge in [-0.2, -0.15) is 28.5 Å². The van der Waals surface area contributed by atoms with Crippen molar-refractivity contribution in [3.05, 3.63) is 52.3 Å². The summed E-state index contributed by atoms with van der Waals surface area (Å²) in [7, 11) is 3.78. The topological polar surface area (TPSA) is 109 Å². The van der Waals surface area contributed by atoms with Gasteiger partial charge in [-0.3, -0.25) is 4.90 Å². The Hall–Kier alpha value is -3.49. The molecular weight excluding hydrogens is 536 g/mol. The van der Waals surface area contributed by atoms with E-state index in [1.54, 1.807) is 6.20 Å². The van der Waals surface area contributed by atoms with Gasteiger partial charge in [0.1, 0.15) is 5.41 Å². The van der Waals surface area contributed by atoms with E-state index in [2.05, 4.69) is 30.6 Å². The number of carbonyl (C=O) groups excluding carboxylic acids is 1. The Kier molecular flexibility index (Phi) is 6.00. The number of anilines is 2. The molecule has 0 fully saturated rings. The minimum Gasteiger partial charge on any atom is -0.306 e. The Morgan fingerprint density at radius 1 is 1.16 bits per heavy atom. The summed E-state index contributed by atoms with van der Waals surface area (Å²) in [6.45, 7) is 0.871. The Morgan fingerprint density at radius 2 is 1.92 bits per heavy atom. The molecule has 0 unspecified atom stereocenters. The SMILES string of the molecule is CN(C)Cc1cnn(-c2ncc(NC(=O)N3C[C@@](C)(C(F)(F)F)c4c3cnc3cc(Cl)nn43)cc2Cl)n1. The monoisotopic (exact) mass is 554 g/mol. The summed E-state index contributed by atoms with van der Waals surface area (Å²) >= 11 is 12.3. The van der Waals surface area contributed by atoms with Crippen LogP contribution in [0.25, 0.3) is 11.5 Å². The predicted molar refractivity (Wildman–Crippen MR) is 129 cm³/mol. The lowest BCUT2D eigenvalue weighted by atomic mass is 9.88. The van der Waals surface area contributed by atoms with Crippen LogP contribution in [0, 0.1) is 0 Å². The number of urea groups is 1. The van der Waals surface area contributed by atoms with Crippen LogP contribution >= 0.6 is 23.2 Å².